The summed E-state index contributed by atoms with van der Waals surface area (Å²) in [5, 5.41) is 6.64. The highest BCUT2D eigenvalue weighted by molar-refractivity contribution is 14.1. The highest BCUT2D eigenvalue weighted by atomic mass is 127. The molecular formula is C17H16IN5O. The van der Waals surface area contributed by atoms with E-state index in [-0.39, 0.29) is 0 Å². The molecule has 4 aromatic rings. The SMILES string of the molecule is COc1ccc2c3cc(I)nc(C)c3n(CCn3cncn3)c2c1. The predicted molar refractivity (Wildman–Crippen MR) is 101 cm³/mol. The largest absolute Gasteiger partial charge is 0.497 e. The minimum absolute atomic E-state index is 0.752. The van der Waals surface area contributed by atoms with Crippen molar-refractivity contribution in [2.24, 2.45) is 0 Å². The number of aromatic nitrogens is 5. The topological polar surface area (TPSA) is 57.8 Å². The van der Waals surface area contributed by atoms with Crippen molar-refractivity contribution < 1.29 is 4.74 Å². The van der Waals surface area contributed by atoms with E-state index in [4.69, 9.17) is 4.74 Å². The minimum Gasteiger partial charge on any atom is -0.497 e. The standard InChI is InChI=1S/C17H16IN5O/c1-11-17-14(8-16(18)21-11)13-4-3-12(24-2)7-15(13)23(17)6-5-22-10-19-9-20-22/h3-4,7-10H,5-6H2,1-2H3. The first-order chi connectivity index (χ1) is 11.7. The van der Waals surface area contributed by atoms with Gasteiger partial charge in [-0.05, 0) is 47.7 Å². The summed E-state index contributed by atoms with van der Waals surface area (Å²) in [6.07, 6.45) is 3.30. The molecule has 1 aromatic carbocycles. The maximum Gasteiger partial charge on any atom is 0.137 e. The van der Waals surface area contributed by atoms with Crippen LogP contribution < -0.4 is 4.74 Å². The molecule has 6 nitrogen and oxygen atoms in total. The van der Waals surface area contributed by atoms with E-state index in [1.54, 1.807) is 19.8 Å². The molecule has 4 rings (SSSR count). The fraction of sp³-hybridized carbons (Fsp3) is 0.235. The van der Waals surface area contributed by atoms with Crippen molar-refractivity contribution in [3.63, 3.8) is 0 Å². The lowest BCUT2D eigenvalue weighted by atomic mass is 10.1. The molecule has 0 amide bonds. The summed E-state index contributed by atoms with van der Waals surface area (Å²) >= 11 is 2.27. The number of aryl methyl sites for hydroxylation is 3. The Morgan fingerprint density at radius 2 is 2.04 bits per heavy atom. The third kappa shape index (κ3) is 2.52. The second-order valence-corrected chi connectivity index (χ2v) is 6.73. The fourth-order valence-corrected chi connectivity index (χ4v) is 3.84. The Labute approximate surface area is 152 Å². The van der Waals surface area contributed by atoms with Crippen LogP contribution in [0.1, 0.15) is 5.69 Å². The molecule has 0 unspecified atom stereocenters. The van der Waals surface area contributed by atoms with Gasteiger partial charge in [0.2, 0.25) is 0 Å². The molecule has 3 aromatic heterocycles. The van der Waals surface area contributed by atoms with Gasteiger partial charge in [-0.25, -0.2) is 9.97 Å². The lowest BCUT2D eigenvalue weighted by Crippen LogP contribution is -2.08. The first kappa shape index (κ1) is 15.4. The number of methoxy groups -OCH3 is 1. The second kappa shape index (κ2) is 6.04. The number of ether oxygens (including phenoxy) is 1. The van der Waals surface area contributed by atoms with Gasteiger partial charge in [0.25, 0.3) is 0 Å². The Morgan fingerprint density at radius 1 is 1.17 bits per heavy atom. The summed E-state index contributed by atoms with van der Waals surface area (Å²) in [6.45, 7) is 3.60. The van der Waals surface area contributed by atoms with E-state index in [9.17, 15) is 0 Å². The highest BCUT2D eigenvalue weighted by Crippen LogP contribution is 2.33. The molecule has 0 saturated carbocycles. The van der Waals surface area contributed by atoms with Crippen molar-refractivity contribution in [3.05, 3.63) is 46.3 Å². The Bertz CT molecular complexity index is 1020. The van der Waals surface area contributed by atoms with Crippen molar-refractivity contribution in [3.8, 4) is 5.75 Å². The normalized spacial score (nSPS) is 11.5. The third-order valence-electron chi connectivity index (χ3n) is 4.21. The van der Waals surface area contributed by atoms with Crippen LogP contribution in [0.3, 0.4) is 0 Å². The average molecular weight is 433 g/mol. The number of rotatable bonds is 4. The summed E-state index contributed by atoms with van der Waals surface area (Å²) in [6, 6.07) is 8.36. The van der Waals surface area contributed by atoms with Gasteiger partial charge in [-0.1, -0.05) is 0 Å². The van der Waals surface area contributed by atoms with Gasteiger partial charge < -0.3 is 9.30 Å². The second-order valence-electron chi connectivity index (χ2n) is 5.62. The average Bonchev–Trinajstić information content (AvgIpc) is 3.18. The van der Waals surface area contributed by atoms with E-state index in [1.165, 1.54) is 16.3 Å². The van der Waals surface area contributed by atoms with Crippen molar-refractivity contribution in [2.45, 2.75) is 20.0 Å². The van der Waals surface area contributed by atoms with Gasteiger partial charge in [0.1, 0.15) is 22.1 Å². The van der Waals surface area contributed by atoms with Crippen LogP contribution in [0.15, 0.2) is 36.9 Å². The van der Waals surface area contributed by atoms with Crippen LogP contribution in [0.2, 0.25) is 0 Å². The molecule has 7 heteroatoms. The molecule has 0 bridgehead atoms. The van der Waals surface area contributed by atoms with E-state index in [0.29, 0.717) is 0 Å². The van der Waals surface area contributed by atoms with Crippen molar-refractivity contribution in [1.29, 1.82) is 0 Å². The number of benzene rings is 1. The first-order valence-electron chi connectivity index (χ1n) is 7.63. The Kier molecular flexibility index (Phi) is 3.87. The predicted octanol–water partition coefficient (Wildman–Crippen LogP) is 3.40. The van der Waals surface area contributed by atoms with Gasteiger partial charge in [0.05, 0.1) is 30.4 Å². The van der Waals surface area contributed by atoms with Crippen molar-refractivity contribution in [1.82, 2.24) is 24.3 Å². The summed E-state index contributed by atoms with van der Waals surface area (Å²) in [5.41, 5.74) is 3.35. The van der Waals surface area contributed by atoms with E-state index in [2.05, 4.69) is 67.3 Å². The summed E-state index contributed by atoms with van der Waals surface area (Å²) in [5.74, 6) is 0.854. The number of pyridine rings is 1. The van der Waals surface area contributed by atoms with E-state index >= 15 is 0 Å². The number of hydrogen-bond acceptors (Lipinski definition) is 4. The molecular weight excluding hydrogens is 417 g/mol. The maximum absolute atomic E-state index is 5.42. The van der Waals surface area contributed by atoms with Crippen LogP contribution in [0.4, 0.5) is 0 Å². The number of nitrogens with zero attached hydrogens (tertiary/aromatic N) is 5. The monoisotopic (exact) mass is 433 g/mol. The lowest BCUT2D eigenvalue weighted by molar-refractivity contribution is 0.415. The number of fused-ring (bicyclic) bond motifs is 3. The summed E-state index contributed by atoms with van der Waals surface area (Å²) in [4.78, 5) is 8.66. The number of halogens is 1. The molecule has 122 valence electrons. The molecule has 3 heterocycles. The van der Waals surface area contributed by atoms with Gasteiger partial charge in [-0.2, -0.15) is 5.10 Å². The molecule has 0 aliphatic rings. The minimum atomic E-state index is 0.752. The van der Waals surface area contributed by atoms with Crippen LogP contribution in [0.5, 0.6) is 5.75 Å². The molecule has 0 N–H and O–H groups in total. The van der Waals surface area contributed by atoms with Gasteiger partial charge >= 0.3 is 0 Å². The number of hydrogen-bond donors (Lipinski definition) is 0. The molecule has 0 radical (unpaired) electrons. The Morgan fingerprint density at radius 3 is 2.79 bits per heavy atom. The fourth-order valence-electron chi connectivity index (χ4n) is 3.17. The smallest absolute Gasteiger partial charge is 0.137 e. The van der Waals surface area contributed by atoms with Crippen LogP contribution in [-0.4, -0.2) is 31.4 Å². The van der Waals surface area contributed by atoms with Crippen molar-refractivity contribution in [2.75, 3.05) is 7.11 Å². The van der Waals surface area contributed by atoms with Crippen molar-refractivity contribution >= 4 is 44.4 Å². The van der Waals surface area contributed by atoms with Crippen LogP contribution in [0, 0.1) is 10.6 Å². The molecule has 0 spiro atoms. The first-order valence-corrected chi connectivity index (χ1v) is 8.71. The van der Waals surface area contributed by atoms with Gasteiger partial charge in [0, 0.05) is 23.4 Å². The zero-order valence-electron chi connectivity index (χ0n) is 13.4. The van der Waals surface area contributed by atoms with E-state index in [1.807, 2.05) is 10.7 Å². The molecule has 0 saturated heterocycles. The van der Waals surface area contributed by atoms with Gasteiger partial charge in [-0.3, -0.25) is 4.68 Å². The third-order valence-corrected chi connectivity index (χ3v) is 4.76. The maximum atomic E-state index is 5.42. The molecule has 0 aliphatic carbocycles. The Balaban J connectivity index is 1.95. The van der Waals surface area contributed by atoms with Crippen LogP contribution >= 0.6 is 22.6 Å². The highest BCUT2D eigenvalue weighted by Gasteiger charge is 2.15. The summed E-state index contributed by atoms with van der Waals surface area (Å²) in [7, 11) is 1.69. The molecule has 0 aliphatic heterocycles. The zero-order chi connectivity index (χ0) is 16.7. The molecule has 24 heavy (non-hydrogen) atoms. The van der Waals surface area contributed by atoms with Gasteiger partial charge in [-0.15, -0.1) is 0 Å². The Hall–Kier alpha value is -2.16. The van der Waals surface area contributed by atoms with Crippen LogP contribution in [0.25, 0.3) is 21.8 Å². The van der Waals surface area contributed by atoms with Crippen LogP contribution in [-0.2, 0) is 13.1 Å². The van der Waals surface area contributed by atoms with E-state index in [0.717, 1.165) is 33.8 Å². The quantitative estimate of drug-likeness (QED) is 0.366. The molecule has 0 atom stereocenters. The molecule has 0 fully saturated rings. The van der Waals surface area contributed by atoms with E-state index < -0.39 is 0 Å². The lowest BCUT2D eigenvalue weighted by Gasteiger charge is -2.09. The van der Waals surface area contributed by atoms with Gasteiger partial charge in [0.15, 0.2) is 0 Å². The summed E-state index contributed by atoms with van der Waals surface area (Å²) < 4.78 is 10.6. The zero-order valence-corrected chi connectivity index (χ0v) is 15.6.